The van der Waals surface area contributed by atoms with Crippen molar-refractivity contribution >= 4 is 87.3 Å². The molecule has 10 N–H and O–H groups in total. The summed E-state index contributed by atoms with van der Waals surface area (Å²) in [5, 5.41) is 14.4. The van der Waals surface area contributed by atoms with Crippen molar-refractivity contribution in [2.24, 2.45) is 20.5 Å². The number of azo groups is 2. The number of anilines is 4. The summed E-state index contributed by atoms with van der Waals surface area (Å²) < 4.78 is 155. The zero-order chi connectivity index (χ0) is 41.1. The third-order valence-electron chi connectivity index (χ3n) is 8.40. The van der Waals surface area contributed by atoms with E-state index >= 15 is 0 Å². The molecule has 0 unspecified atom stereocenters. The molecule has 0 saturated heterocycles. The fraction of sp³-hybridized carbons (Fsp3) is 0.0588. The average molecular weight is 819 g/mol. The second-order valence-electron chi connectivity index (χ2n) is 11.9. The lowest BCUT2D eigenvalue weighted by molar-refractivity contribution is -0.138. The number of nitrogens with two attached hydrogens (primary N) is 4. The van der Waals surface area contributed by atoms with Crippen molar-refractivity contribution in [3.05, 3.63) is 96.1 Å². The molecule has 0 aliphatic heterocycles. The molecule has 14 nitrogen and oxygen atoms in total. The topological polar surface area (TPSA) is 262 Å². The molecular weight excluding hydrogens is 795 g/mol. The molecule has 0 spiro atoms. The molecule has 56 heavy (non-hydrogen) atoms. The summed E-state index contributed by atoms with van der Waals surface area (Å²) in [6.07, 6.45) is -10.3. The molecule has 0 aromatic heterocycles. The number of benzene rings is 6. The van der Waals surface area contributed by atoms with Gasteiger partial charge in [0.2, 0.25) is 0 Å². The van der Waals surface area contributed by atoms with Crippen LogP contribution >= 0.6 is 0 Å². The summed E-state index contributed by atoms with van der Waals surface area (Å²) in [6, 6.07) is 15.6. The fourth-order valence-corrected chi connectivity index (χ4v) is 7.58. The van der Waals surface area contributed by atoms with Gasteiger partial charge >= 0.3 is 12.4 Å². The van der Waals surface area contributed by atoms with E-state index in [0.29, 0.717) is 12.1 Å². The molecule has 6 rings (SSSR count). The Morgan fingerprint density at radius 3 is 1.09 bits per heavy atom. The summed E-state index contributed by atoms with van der Waals surface area (Å²) in [5.41, 5.74) is 15.6. The van der Waals surface area contributed by atoms with Crippen LogP contribution in [0.4, 0.5) is 71.8 Å². The van der Waals surface area contributed by atoms with E-state index in [9.17, 15) is 52.3 Å². The van der Waals surface area contributed by atoms with Gasteiger partial charge in [-0.15, -0.1) is 20.5 Å². The molecular formula is C34H24F6N8O6S2. The van der Waals surface area contributed by atoms with E-state index < -0.39 is 87.6 Å². The molecule has 6 aromatic carbocycles. The number of halogens is 6. The molecule has 0 radical (unpaired) electrons. The van der Waals surface area contributed by atoms with E-state index in [2.05, 4.69) is 20.5 Å². The van der Waals surface area contributed by atoms with Gasteiger partial charge in [0.1, 0.15) is 21.2 Å². The van der Waals surface area contributed by atoms with Crippen LogP contribution in [-0.2, 0) is 32.6 Å². The highest BCUT2D eigenvalue weighted by molar-refractivity contribution is 7.86. The Kier molecular flexibility index (Phi) is 9.65. The van der Waals surface area contributed by atoms with Crippen LogP contribution in [0.3, 0.4) is 0 Å². The predicted octanol–water partition coefficient (Wildman–Crippen LogP) is 9.35. The lowest BCUT2D eigenvalue weighted by Gasteiger charge is -2.15. The van der Waals surface area contributed by atoms with Gasteiger partial charge in [0, 0.05) is 21.5 Å². The molecule has 0 amide bonds. The van der Waals surface area contributed by atoms with Gasteiger partial charge in [0.25, 0.3) is 20.2 Å². The molecule has 0 fully saturated rings. The number of fused-ring (bicyclic) bond motifs is 2. The first-order chi connectivity index (χ1) is 26.0. The van der Waals surface area contributed by atoms with Gasteiger partial charge in [-0.2, -0.15) is 43.2 Å². The van der Waals surface area contributed by atoms with Crippen molar-refractivity contribution in [2.75, 3.05) is 22.9 Å². The first-order valence-electron chi connectivity index (χ1n) is 15.4. The fourth-order valence-electron chi connectivity index (χ4n) is 5.92. The van der Waals surface area contributed by atoms with Crippen molar-refractivity contribution in [1.29, 1.82) is 0 Å². The number of hydrogen-bond acceptors (Lipinski definition) is 12. The zero-order valence-electron chi connectivity index (χ0n) is 27.8. The largest absolute Gasteiger partial charge is 0.418 e. The van der Waals surface area contributed by atoms with E-state index in [1.54, 1.807) is 0 Å². The minimum absolute atomic E-state index is 0.0326. The summed E-state index contributed by atoms with van der Waals surface area (Å²) in [5.74, 6) is 0. The molecule has 0 atom stereocenters. The molecule has 0 heterocycles. The second-order valence-corrected chi connectivity index (χ2v) is 14.6. The van der Waals surface area contributed by atoms with Crippen molar-refractivity contribution in [3.8, 4) is 11.1 Å². The number of rotatable bonds is 7. The van der Waals surface area contributed by atoms with Crippen molar-refractivity contribution in [2.45, 2.75) is 22.1 Å². The number of alkyl halides is 6. The van der Waals surface area contributed by atoms with Crippen LogP contribution in [0.15, 0.2) is 115 Å². The van der Waals surface area contributed by atoms with Gasteiger partial charge < -0.3 is 22.9 Å². The van der Waals surface area contributed by atoms with Crippen LogP contribution in [0.2, 0.25) is 0 Å². The van der Waals surface area contributed by atoms with E-state index in [1.807, 2.05) is 0 Å². The van der Waals surface area contributed by atoms with E-state index in [4.69, 9.17) is 22.9 Å². The third kappa shape index (κ3) is 7.24. The van der Waals surface area contributed by atoms with Gasteiger partial charge in [-0.3, -0.25) is 9.11 Å². The first kappa shape index (κ1) is 39.3. The Morgan fingerprint density at radius 2 is 0.786 bits per heavy atom. The lowest BCUT2D eigenvalue weighted by atomic mass is 9.99. The Bertz CT molecular complexity index is 2710. The number of hydrogen-bond donors (Lipinski definition) is 6. The van der Waals surface area contributed by atoms with Gasteiger partial charge in [-0.05, 0) is 35.4 Å². The highest BCUT2D eigenvalue weighted by Gasteiger charge is 2.36. The monoisotopic (exact) mass is 818 g/mol. The highest BCUT2D eigenvalue weighted by atomic mass is 32.2. The average Bonchev–Trinajstić information content (AvgIpc) is 3.09. The molecule has 0 bridgehead atoms. The van der Waals surface area contributed by atoms with E-state index in [0.717, 1.165) is 24.3 Å². The number of nitrogens with zero attached hydrogens (tertiary/aromatic N) is 4. The third-order valence-corrected chi connectivity index (χ3v) is 10.3. The van der Waals surface area contributed by atoms with Gasteiger partial charge in [-0.1, -0.05) is 60.7 Å². The number of nitrogen functional groups attached to an aromatic ring is 4. The molecule has 22 heteroatoms. The smallest absolute Gasteiger partial charge is 0.396 e. The van der Waals surface area contributed by atoms with E-state index in [-0.39, 0.29) is 44.0 Å². The predicted molar refractivity (Wildman–Crippen MR) is 195 cm³/mol. The maximum Gasteiger partial charge on any atom is 0.418 e. The Labute approximate surface area is 311 Å². The quantitative estimate of drug-likeness (QED) is 0.0384. The minimum Gasteiger partial charge on any atom is -0.396 e. The highest BCUT2D eigenvalue weighted by Crippen LogP contribution is 2.47. The van der Waals surface area contributed by atoms with Crippen LogP contribution < -0.4 is 22.9 Å². The minimum atomic E-state index is -5.16. The summed E-state index contributed by atoms with van der Waals surface area (Å²) in [6.45, 7) is 0. The first-order valence-corrected chi connectivity index (χ1v) is 18.3. The van der Waals surface area contributed by atoms with Gasteiger partial charge in [0.05, 0.1) is 45.3 Å². The Morgan fingerprint density at radius 1 is 0.464 bits per heavy atom. The summed E-state index contributed by atoms with van der Waals surface area (Å²) in [4.78, 5) is -1.61. The van der Waals surface area contributed by atoms with Crippen LogP contribution in [-0.4, -0.2) is 25.9 Å². The van der Waals surface area contributed by atoms with E-state index in [1.165, 1.54) is 48.5 Å². The molecule has 6 aromatic rings. The van der Waals surface area contributed by atoms with Gasteiger partial charge in [-0.25, -0.2) is 0 Å². The Hall–Kier alpha value is -6.36. The SMILES string of the molecule is Nc1c(N=Nc2ccc(-c3ccc(N=Nc4c(N)c(S(=O)(=O)O)c5ccccc5c4N)c(C(F)(F)F)c3)cc2C(F)(F)F)c(N)c2ccccc2c1S(=O)(=O)O. The molecule has 0 aliphatic rings. The standard InChI is InChI=1S/C34H24F6N8O6S2/c35-33(36,37)21-13-15(9-11-23(21)45-47-29-25(41)17-5-1-3-7-19(17)31(27(29)43)55(49,50)51)16-10-12-24(22(14-16)34(38,39)40)46-48-30-26(42)18-6-2-4-8-20(18)32(28(30)44)56(52,53)54/h1-14H,41-44H2,(H,49,50,51)(H,52,53,54). The van der Waals surface area contributed by atoms with Crippen molar-refractivity contribution in [3.63, 3.8) is 0 Å². The lowest BCUT2D eigenvalue weighted by Crippen LogP contribution is -2.07. The maximum absolute atomic E-state index is 14.4. The molecule has 0 aliphatic carbocycles. The van der Waals surface area contributed by atoms with Gasteiger partial charge in [0.15, 0.2) is 0 Å². The zero-order valence-corrected chi connectivity index (χ0v) is 29.4. The van der Waals surface area contributed by atoms with Crippen LogP contribution in [0.1, 0.15) is 11.1 Å². The van der Waals surface area contributed by atoms with Crippen LogP contribution in [0.25, 0.3) is 32.7 Å². The van der Waals surface area contributed by atoms with Crippen molar-refractivity contribution < 1.29 is 52.3 Å². The summed E-state index contributed by atoms with van der Waals surface area (Å²) >= 11 is 0. The Balaban J connectivity index is 1.44. The summed E-state index contributed by atoms with van der Waals surface area (Å²) in [7, 11) is -10.0. The van der Waals surface area contributed by atoms with Crippen LogP contribution in [0, 0.1) is 0 Å². The van der Waals surface area contributed by atoms with Crippen LogP contribution in [0.5, 0.6) is 0 Å². The molecule has 290 valence electrons. The second kappa shape index (κ2) is 13.7. The van der Waals surface area contributed by atoms with Crippen molar-refractivity contribution in [1.82, 2.24) is 0 Å². The maximum atomic E-state index is 14.4. The normalized spacial score (nSPS) is 13.1. The molecule has 0 saturated carbocycles.